The van der Waals surface area contributed by atoms with E-state index in [0.717, 1.165) is 18.1 Å². The maximum absolute atomic E-state index is 12.4. The van der Waals surface area contributed by atoms with Gasteiger partial charge in [0.2, 0.25) is 0 Å². The fourth-order valence-corrected chi connectivity index (χ4v) is 2.83. The van der Waals surface area contributed by atoms with E-state index >= 15 is 0 Å². The van der Waals surface area contributed by atoms with Crippen molar-refractivity contribution in [3.8, 4) is 5.75 Å². The van der Waals surface area contributed by atoms with Crippen molar-refractivity contribution in [1.29, 1.82) is 0 Å². The molecule has 7 heteroatoms. The molecule has 0 heterocycles. The molecule has 0 saturated heterocycles. The summed E-state index contributed by atoms with van der Waals surface area (Å²) in [4.78, 5) is 33.7. The number of aryl methyl sites for hydroxylation is 1. The van der Waals surface area contributed by atoms with Crippen LogP contribution < -0.4 is 10.1 Å². The minimum Gasteiger partial charge on any atom is -0.483 e. The largest absolute Gasteiger partial charge is 0.483 e. The number of nitro groups is 1. The number of hydrogen-bond acceptors (Lipinski definition) is 5. The number of amides is 1. The van der Waals surface area contributed by atoms with Crippen LogP contribution >= 0.6 is 0 Å². The summed E-state index contributed by atoms with van der Waals surface area (Å²) >= 11 is 0. The Balaban J connectivity index is 2.05. The molecule has 148 valence electrons. The smallest absolute Gasteiger partial charge is 0.270 e. The molecule has 28 heavy (non-hydrogen) atoms. The number of hydrogen-bond donors (Lipinski definition) is 1. The molecule has 0 radical (unpaired) electrons. The van der Waals surface area contributed by atoms with E-state index in [2.05, 4.69) is 12.2 Å². The lowest BCUT2D eigenvalue weighted by molar-refractivity contribution is -0.384. The van der Waals surface area contributed by atoms with E-state index in [9.17, 15) is 19.7 Å². The molecule has 2 rings (SSSR count). The summed E-state index contributed by atoms with van der Waals surface area (Å²) in [5.74, 6) is -0.0426. The fourth-order valence-electron chi connectivity index (χ4n) is 2.83. The van der Waals surface area contributed by atoms with Crippen LogP contribution in [0, 0.1) is 16.0 Å². The van der Waals surface area contributed by atoms with Crippen molar-refractivity contribution in [1.82, 2.24) is 5.32 Å². The van der Waals surface area contributed by atoms with Crippen molar-refractivity contribution in [2.75, 3.05) is 6.61 Å². The van der Waals surface area contributed by atoms with Crippen molar-refractivity contribution >= 4 is 17.9 Å². The van der Waals surface area contributed by atoms with Crippen LogP contribution in [-0.2, 0) is 11.2 Å². The van der Waals surface area contributed by atoms with Crippen LogP contribution in [0.2, 0.25) is 0 Å². The minimum atomic E-state index is -0.597. The molecule has 0 aliphatic carbocycles. The van der Waals surface area contributed by atoms with Crippen LogP contribution in [0.4, 0.5) is 5.69 Å². The summed E-state index contributed by atoms with van der Waals surface area (Å²) in [5, 5.41) is 13.7. The first kappa shape index (κ1) is 21.1. The van der Waals surface area contributed by atoms with E-state index in [4.69, 9.17) is 4.74 Å². The van der Waals surface area contributed by atoms with Crippen LogP contribution in [0.15, 0.2) is 42.5 Å². The van der Waals surface area contributed by atoms with Gasteiger partial charge in [-0.25, -0.2) is 0 Å². The Morgan fingerprint density at radius 2 is 1.89 bits per heavy atom. The van der Waals surface area contributed by atoms with Gasteiger partial charge in [0.1, 0.15) is 5.75 Å². The Kier molecular flexibility index (Phi) is 7.26. The topological polar surface area (TPSA) is 98.5 Å². The minimum absolute atomic E-state index is 0.0255. The standard InChI is InChI=1S/C21H24N2O5/c1-4-15-5-7-16(8-6-15)21(14(2)3)22-20(25)13-28-19-10-9-18(23(26)27)11-17(19)12-24/h5-12,14,21H,4,13H2,1-3H3,(H,22,25)/t21-/m0/s1. The van der Waals surface area contributed by atoms with Crippen LogP contribution in [0.5, 0.6) is 5.75 Å². The lowest BCUT2D eigenvalue weighted by atomic mass is 9.95. The Hall–Kier alpha value is -3.22. The number of nitro benzene ring substituents is 1. The third kappa shape index (κ3) is 5.39. The molecular formula is C21H24N2O5. The van der Waals surface area contributed by atoms with E-state index in [1.807, 2.05) is 38.1 Å². The number of non-ortho nitro benzene ring substituents is 1. The fraction of sp³-hybridized carbons (Fsp3) is 0.333. The summed E-state index contributed by atoms with van der Waals surface area (Å²) in [5.41, 5.74) is 2.04. The molecule has 0 bridgehead atoms. The Morgan fingerprint density at radius 1 is 1.21 bits per heavy atom. The highest BCUT2D eigenvalue weighted by molar-refractivity contribution is 5.82. The molecule has 7 nitrogen and oxygen atoms in total. The number of ether oxygens (including phenoxy) is 1. The van der Waals surface area contributed by atoms with E-state index in [-0.39, 0.29) is 41.5 Å². The third-order valence-corrected chi connectivity index (χ3v) is 4.42. The maximum atomic E-state index is 12.4. The number of aldehydes is 1. The number of carbonyl (C=O) groups is 2. The molecule has 0 unspecified atom stereocenters. The number of nitrogens with one attached hydrogen (secondary N) is 1. The van der Waals surface area contributed by atoms with Gasteiger partial charge in [0.05, 0.1) is 16.5 Å². The molecule has 0 aromatic heterocycles. The molecule has 0 saturated carbocycles. The van der Waals surface area contributed by atoms with Gasteiger partial charge in [0, 0.05) is 12.1 Å². The second kappa shape index (κ2) is 9.64. The molecule has 2 aromatic carbocycles. The van der Waals surface area contributed by atoms with E-state index in [0.29, 0.717) is 6.29 Å². The first-order valence-corrected chi connectivity index (χ1v) is 9.10. The molecule has 1 amide bonds. The third-order valence-electron chi connectivity index (χ3n) is 4.42. The van der Waals surface area contributed by atoms with Crippen LogP contribution in [0.3, 0.4) is 0 Å². The zero-order chi connectivity index (χ0) is 20.7. The lowest BCUT2D eigenvalue weighted by Gasteiger charge is -2.23. The predicted octanol–water partition coefficient (Wildman–Crippen LogP) is 3.86. The molecule has 2 aromatic rings. The molecule has 1 N–H and O–H groups in total. The second-order valence-corrected chi connectivity index (χ2v) is 6.77. The second-order valence-electron chi connectivity index (χ2n) is 6.77. The first-order valence-electron chi connectivity index (χ1n) is 9.10. The van der Waals surface area contributed by atoms with Gasteiger partial charge in [-0.1, -0.05) is 45.0 Å². The average molecular weight is 384 g/mol. The quantitative estimate of drug-likeness (QED) is 0.402. The van der Waals surface area contributed by atoms with Gasteiger partial charge in [0.25, 0.3) is 11.6 Å². The van der Waals surface area contributed by atoms with Gasteiger partial charge in [-0.2, -0.15) is 0 Å². The lowest BCUT2D eigenvalue weighted by Crippen LogP contribution is -2.35. The Labute approximate surface area is 163 Å². The number of nitrogens with zero attached hydrogens (tertiary/aromatic N) is 1. The average Bonchev–Trinajstić information content (AvgIpc) is 2.70. The van der Waals surface area contributed by atoms with Gasteiger partial charge in [-0.3, -0.25) is 19.7 Å². The highest BCUT2D eigenvalue weighted by Crippen LogP contribution is 2.24. The summed E-state index contributed by atoms with van der Waals surface area (Å²) < 4.78 is 5.41. The maximum Gasteiger partial charge on any atom is 0.270 e. The molecular weight excluding hydrogens is 360 g/mol. The molecule has 0 aliphatic rings. The number of benzene rings is 2. The number of rotatable bonds is 9. The molecule has 0 aliphatic heterocycles. The zero-order valence-electron chi connectivity index (χ0n) is 16.2. The van der Waals surface area contributed by atoms with E-state index < -0.39 is 4.92 Å². The van der Waals surface area contributed by atoms with Crippen molar-refractivity contribution in [2.45, 2.75) is 33.2 Å². The van der Waals surface area contributed by atoms with Crippen molar-refractivity contribution in [3.05, 3.63) is 69.3 Å². The van der Waals surface area contributed by atoms with Crippen LogP contribution in [0.1, 0.15) is 48.3 Å². The highest BCUT2D eigenvalue weighted by Gasteiger charge is 2.19. The molecule has 1 atom stereocenters. The van der Waals surface area contributed by atoms with Crippen molar-refractivity contribution < 1.29 is 19.2 Å². The van der Waals surface area contributed by atoms with E-state index in [1.165, 1.54) is 17.7 Å². The summed E-state index contributed by atoms with van der Waals surface area (Å²) in [7, 11) is 0. The van der Waals surface area contributed by atoms with Crippen molar-refractivity contribution in [3.63, 3.8) is 0 Å². The Bertz CT molecular complexity index is 846. The highest BCUT2D eigenvalue weighted by atomic mass is 16.6. The molecule has 0 fully saturated rings. The SMILES string of the molecule is CCc1ccc([C@@H](NC(=O)COc2ccc([N+](=O)[O-])cc2C=O)C(C)C)cc1. The summed E-state index contributed by atoms with van der Waals surface area (Å²) in [6.45, 7) is 5.81. The van der Waals surface area contributed by atoms with Crippen LogP contribution in [0.25, 0.3) is 0 Å². The van der Waals surface area contributed by atoms with Gasteiger partial charge in [-0.05, 0) is 29.5 Å². The number of carbonyl (C=O) groups excluding carboxylic acids is 2. The van der Waals surface area contributed by atoms with E-state index in [1.54, 1.807) is 0 Å². The monoisotopic (exact) mass is 384 g/mol. The zero-order valence-corrected chi connectivity index (χ0v) is 16.2. The van der Waals surface area contributed by atoms with Crippen molar-refractivity contribution in [2.24, 2.45) is 5.92 Å². The van der Waals surface area contributed by atoms with Gasteiger partial charge in [0.15, 0.2) is 12.9 Å². The van der Waals surface area contributed by atoms with Gasteiger partial charge < -0.3 is 10.1 Å². The Morgan fingerprint density at radius 3 is 2.43 bits per heavy atom. The van der Waals surface area contributed by atoms with Gasteiger partial charge in [-0.15, -0.1) is 0 Å². The molecule has 0 spiro atoms. The summed E-state index contributed by atoms with van der Waals surface area (Å²) in [6, 6.07) is 11.6. The summed E-state index contributed by atoms with van der Waals surface area (Å²) in [6.07, 6.45) is 1.41. The predicted molar refractivity (Wildman–Crippen MR) is 106 cm³/mol. The first-order chi connectivity index (χ1) is 13.3. The normalized spacial score (nSPS) is 11.7. The van der Waals surface area contributed by atoms with Gasteiger partial charge >= 0.3 is 0 Å². The van der Waals surface area contributed by atoms with Crippen LogP contribution in [-0.4, -0.2) is 23.7 Å².